The van der Waals surface area contributed by atoms with E-state index in [0.717, 1.165) is 42.9 Å². The molecule has 1 aliphatic carbocycles. The summed E-state index contributed by atoms with van der Waals surface area (Å²) in [7, 11) is 0. The van der Waals surface area contributed by atoms with Crippen molar-refractivity contribution in [3.05, 3.63) is 59.7 Å². The van der Waals surface area contributed by atoms with Crippen LogP contribution in [0.3, 0.4) is 0 Å². The Balaban J connectivity index is 1.11. The molecule has 10 nitrogen and oxygen atoms in total. The highest BCUT2D eigenvalue weighted by Crippen LogP contribution is 2.28. The molecule has 4 heterocycles. The Morgan fingerprint density at radius 3 is 2.50 bits per heavy atom. The quantitative estimate of drug-likeness (QED) is 0.463. The average Bonchev–Trinajstić information content (AvgIpc) is 3.61. The molecule has 0 amide bonds. The van der Waals surface area contributed by atoms with Crippen LogP contribution in [0.4, 0.5) is 20.5 Å². The number of piperidine rings is 1. The minimum atomic E-state index is -0.814. The molecule has 4 aromatic rings. The molecular weight excluding hydrogens is 442 g/mol. The Bertz CT molecular complexity index is 1270. The SMILES string of the molecule is Fc1cc2c(cc1F)CC(Nc1nccc(-c3ncc(N4CCC(n5cnnn5)CC4)[nH]3)n1)C2. The van der Waals surface area contributed by atoms with E-state index in [2.05, 4.69) is 45.7 Å². The summed E-state index contributed by atoms with van der Waals surface area (Å²) in [6.07, 6.45) is 8.22. The number of fused-ring (bicyclic) bond motifs is 1. The molecule has 1 aromatic carbocycles. The molecule has 2 aliphatic rings. The normalized spacial score (nSPS) is 16.7. The van der Waals surface area contributed by atoms with E-state index in [1.807, 2.05) is 10.9 Å². The van der Waals surface area contributed by atoms with Crippen molar-refractivity contribution in [3.63, 3.8) is 0 Å². The molecule has 0 bridgehead atoms. The third-order valence-corrected chi connectivity index (χ3v) is 6.51. The number of anilines is 2. The molecule has 1 saturated heterocycles. The van der Waals surface area contributed by atoms with Gasteiger partial charge in [-0.25, -0.2) is 28.4 Å². The lowest BCUT2D eigenvalue weighted by molar-refractivity contribution is 0.359. The van der Waals surface area contributed by atoms with Gasteiger partial charge in [0.1, 0.15) is 17.8 Å². The fraction of sp³-hybridized carbons (Fsp3) is 0.364. The first kappa shape index (κ1) is 20.6. The van der Waals surface area contributed by atoms with Crippen LogP contribution >= 0.6 is 0 Å². The number of hydrogen-bond acceptors (Lipinski definition) is 8. The number of hydrogen-bond donors (Lipinski definition) is 2. The van der Waals surface area contributed by atoms with Crippen LogP contribution in [-0.2, 0) is 12.8 Å². The van der Waals surface area contributed by atoms with Crippen molar-refractivity contribution in [1.82, 2.24) is 40.1 Å². The molecule has 3 aromatic heterocycles. The summed E-state index contributed by atoms with van der Waals surface area (Å²) in [5, 5.41) is 14.7. The van der Waals surface area contributed by atoms with E-state index in [1.54, 1.807) is 18.6 Å². The first-order valence-corrected chi connectivity index (χ1v) is 11.2. The second-order valence-electron chi connectivity index (χ2n) is 8.68. The van der Waals surface area contributed by atoms with Crippen LogP contribution in [0.15, 0.2) is 36.9 Å². The summed E-state index contributed by atoms with van der Waals surface area (Å²) in [5.74, 6) is 0.420. The van der Waals surface area contributed by atoms with Gasteiger partial charge in [0.05, 0.1) is 12.2 Å². The molecule has 0 atom stereocenters. The van der Waals surface area contributed by atoms with Gasteiger partial charge in [-0.3, -0.25) is 0 Å². The van der Waals surface area contributed by atoms with E-state index in [1.165, 1.54) is 12.1 Å². The Labute approximate surface area is 193 Å². The van der Waals surface area contributed by atoms with E-state index in [-0.39, 0.29) is 6.04 Å². The van der Waals surface area contributed by atoms with Crippen molar-refractivity contribution in [2.24, 2.45) is 0 Å². The maximum atomic E-state index is 13.5. The molecule has 0 radical (unpaired) electrons. The first-order valence-electron chi connectivity index (χ1n) is 11.2. The van der Waals surface area contributed by atoms with Crippen LogP contribution in [0.5, 0.6) is 0 Å². The highest BCUT2D eigenvalue weighted by Gasteiger charge is 2.25. The summed E-state index contributed by atoms with van der Waals surface area (Å²) in [6.45, 7) is 1.73. The monoisotopic (exact) mass is 464 g/mol. The number of halogens is 2. The Morgan fingerprint density at radius 1 is 1.03 bits per heavy atom. The number of rotatable bonds is 5. The van der Waals surface area contributed by atoms with Gasteiger partial charge in [0.2, 0.25) is 5.95 Å². The first-order chi connectivity index (χ1) is 16.6. The largest absolute Gasteiger partial charge is 0.357 e. The number of nitrogens with one attached hydrogen (secondary N) is 2. The van der Waals surface area contributed by atoms with Crippen molar-refractivity contribution in [2.75, 3.05) is 23.3 Å². The van der Waals surface area contributed by atoms with Crippen LogP contribution in [0.1, 0.15) is 30.0 Å². The fourth-order valence-electron chi connectivity index (χ4n) is 4.77. The zero-order valence-corrected chi connectivity index (χ0v) is 18.2. The van der Waals surface area contributed by atoms with Crippen molar-refractivity contribution in [3.8, 4) is 11.5 Å². The van der Waals surface area contributed by atoms with Crippen LogP contribution < -0.4 is 10.2 Å². The zero-order valence-electron chi connectivity index (χ0n) is 18.2. The summed E-state index contributed by atoms with van der Waals surface area (Å²) < 4.78 is 28.9. The molecule has 34 heavy (non-hydrogen) atoms. The van der Waals surface area contributed by atoms with Gasteiger partial charge in [0.25, 0.3) is 0 Å². The number of aromatic nitrogens is 8. The zero-order chi connectivity index (χ0) is 23.1. The van der Waals surface area contributed by atoms with Crippen molar-refractivity contribution >= 4 is 11.8 Å². The molecule has 6 rings (SSSR count). The van der Waals surface area contributed by atoms with Crippen molar-refractivity contribution in [1.29, 1.82) is 0 Å². The van der Waals surface area contributed by atoms with Crippen LogP contribution in [0.25, 0.3) is 11.5 Å². The Kier molecular flexibility index (Phi) is 5.12. The predicted molar refractivity (Wildman–Crippen MR) is 119 cm³/mol. The van der Waals surface area contributed by atoms with Gasteiger partial charge < -0.3 is 15.2 Å². The Morgan fingerprint density at radius 2 is 1.79 bits per heavy atom. The van der Waals surface area contributed by atoms with Crippen LogP contribution in [0, 0.1) is 11.6 Å². The number of aromatic amines is 1. The summed E-state index contributed by atoms with van der Waals surface area (Å²) in [4.78, 5) is 19.1. The number of tetrazole rings is 1. The molecular formula is C22H22F2N10. The molecule has 12 heteroatoms. The van der Waals surface area contributed by atoms with E-state index in [9.17, 15) is 8.78 Å². The fourth-order valence-corrected chi connectivity index (χ4v) is 4.77. The minimum Gasteiger partial charge on any atom is -0.357 e. The molecule has 0 spiro atoms. The van der Waals surface area contributed by atoms with Gasteiger partial charge in [-0.05, 0) is 65.4 Å². The maximum absolute atomic E-state index is 13.5. The van der Waals surface area contributed by atoms with Gasteiger partial charge >= 0.3 is 0 Å². The summed E-state index contributed by atoms with van der Waals surface area (Å²) >= 11 is 0. The second-order valence-corrected chi connectivity index (χ2v) is 8.68. The molecule has 2 N–H and O–H groups in total. The van der Waals surface area contributed by atoms with Crippen molar-refractivity contribution in [2.45, 2.75) is 37.8 Å². The lowest BCUT2D eigenvalue weighted by atomic mass is 10.1. The molecule has 0 saturated carbocycles. The minimum absolute atomic E-state index is 0.0277. The Hall–Kier alpha value is -3.96. The average molecular weight is 464 g/mol. The summed E-state index contributed by atoms with van der Waals surface area (Å²) in [5.41, 5.74) is 2.29. The lowest BCUT2D eigenvalue weighted by Gasteiger charge is -2.31. The van der Waals surface area contributed by atoms with Gasteiger partial charge in [-0.1, -0.05) is 0 Å². The van der Waals surface area contributed by atoms with Crippen LogP contribution in [-0.4, -0.2) is 59.3 Å². The van der Waals surface area contributed by atoms with Gasteiger partial charge in [0.15, 0.2) is 17.5 Å². The molecule has 0 unspecified atom stereocenters. The second kappa shape index (κ2) is 8.43. The van der Waals surface area contributed by atoms with Gasteiger partial charge in [0, 0.05) is 25.3 Å². The topological polar surface area (TPSA) is 113 Å². The number of benzene rings is 1. The van der Waals surface area contributed by atoms with Crippen LogP contribution in [0.2, 0.25) is 0 Å². The highest BCUT2D eigenvalue weighted by molar-refractivity contribution is 5.55. The highest BCUT2D eigenvalue weighted by atomic mass is 19.2. The molecule has 174 valence electrons. The van der Waals surface area contributed by atoms with Gasteiger partial charge in [-0.15, -0.1) is 5.10 Å². The smallest absolute Gasteiger partial charge is 0.223 e. The van der Waals surface area contributed by atoms with Crippen molar-refractivity contribution < 1.29 is 8.78 Å². The number of imidazole rings is 1. The van der Waals surface area contributed by atoms with E-state index in [4.69, 9.17) is 0 Å². The lowest BCUT2D eigenvalue weighted by Crippen LogP contribution is -2.35. The molecule has 1 fully saturated rings. The number of nitrogens with zero attached hydrogens (tertiary/aromatic N) is 8. The predicted octanol–water partition coefficient (Wildman–Crippen LogP) is 2.55. The third kappa shape index (κ3) is 3.95. The van der Waals surface area contributed by atoms with E-state index >= 15 is 0 Å². The third-order valence-electron chi connectivity index (χ3n) is 6.51. The van der Waals surface area contributed by atoms with E-state index < -0.39 is 11.6 Å². The molecule has 1 aliphatic heterocycles. The van der Waals surface area contributed by atoms with E-state index in [0.29, 0.717) is 36.4 Å². The number of H-pyrrole nitrogens is 1. The maximum Gasteiger partial charge on any atom is 0.223 e. The van der Waals surface area contributed by atoms with Gasteiger partial charge in [-0.2, -0.15) is 0 Å². The standard InChI is InChI=1S/C22H22F2N10/c23-17-9-13-7-15(8-14(13)10-18(17)24)28-22-25-4-1-19(29-22)21-26-11-20(30-21)33-5-2-16(3-6-33)34-12-27-31-32-34/h1,4,9-12,15-16H,2-3,5-8H2,(H,26,30)(H,25,28,29). The summed E-state index contributed by atoms with van der Waals surface area (Å²) in [6, 6.07) is 4.63.